The molecule has 1 fully saturated rings. The zero-order valence-corrected chi connectivity index (χ0v) is 9.68. The first-order valence-electron chi connectivity index (χ1n) is 5.61. The Hall–Kier alpha value is -0.770. The second kappa shape index (κ2) is 6.98. The molecule has 0 aromatic heterocycles. The average molecular weight is 266 g/mol. The molecule has 0 aromatic rings. The van der Waals surface area contributed by atoms with Crippen LogP contribution in [0.5, 0.6) is 0 Å². The summed E-state index contributed by atoms with van der Waals surface area (Å²) in [5.74, 6) is -0.965. The molecule has 1 rings (SSSR count). The van der Waals surface area contributed by atoms with Gasteiger partial charge in [0.25, 0.3) is 0 Å². The molecule has 2 unspecified atom stereocenters. The van der Waals surface area contributed by atoms with Gasteiger partial charge in [-0.05, 0) is 6.42 Å². The maximum Gasteiger partial charge on any atom is 0.303 e. The van der Waals surface area contributed by atoms with Crippen LogP contribution >= 0.6 is 0 Å². The highest BCUT2D eigenvalue weighted by Gasteiger charge is 2.43. The summed E-state index contributed by atoms with van der Waals surface area (Å²) < 4.78 is 10.1. The van der Waals surface area contributed by atoms with Crippen LogP contribution in [-0.4, -0.2) is 75.4 Å². The fourth-order valence-electron chi connectivity index (χ4n) is 1.63. The van der Waals surface area contributed by atoms with Gasteiger partial charge < -0.3 is 35.0 Å². The van der Waals surface area contributed by atoms with Crippen molar-refractivity contribution in [3.05, 3.63) is 0 Å². The Kier molecular flexibility index (Phi) is 5.93. The first-order chi connectivity index (χ1) is 8.47. The molecule has 0 spiro atoms. The third kappa shape index (κ3) is 3.87. The second-order valence-corrected chi connectivity index (χ2v) is 4.07. The van der Waals surface area contributed by atoms with Crippen molar-refractivity contribution in [2.75, 3.05) is 13.2 Å². The Morgan fingerprint density at radius 1 is 1.17 bits per heavy atom. The second-order valence-electron chi connectivity index (χ2n) is 4.07. The first-order valence-corrected chi connectivity index (χ1v) is 5.61. The lowest BCUT2D eigenvalue weighted by Gasteiger charge is -2.39. The quantitative estimate of drug-likeness (QED) is 0.337. The van der Waals surface area contributed by atoms with E-state index in [-0.39, 0.29) is 19.4 Å². The molecule has 0 saturated carbocycles. The molecule has 18 heavy (non-hydrogen) atoms. The van der Waals surface area contributed by atoms with Gasteiger partial charge in [-0.15, -0.1) is 0 Å². The third-order valence-corrected chi connectivity index (χ3v) is 2.67. The smallest absolute Gasteiger partial charge is 0.303 e. The van der Waals surface area contributed by atoms with E-state index in [1.807, 2.05) is 0 Å². The van der Waals surface area contributed by atoms with Crippen molar-refractivity contribution in [1.82, 2.24) is 0 Å². The van der Waals surface area contributed by atoms with E-state index >= 15 is 0 Å². The summed E-state index contributed by atoms with van der Waals surface area (Å²) in [4.78, 5) is 10.3. The Balaban J connectivity index is 2.41. The molecule has 1 aliphatic heterocycles. The van der Waals surface area contributed by atoms with Crippen molar-refractivity contribution in [1.29, 1.82) is 0 Å². The fourth-order valence-corrected chi connectivity index (χ4v) is 1.63. The summed E-state index contributed by atoms with van der Waals surface area (Å²) in [7, 11) is 0. The van der Waals surface area contributed by atoms with E-state index in [9.17, 15) is 20.1 Å². The number of hydrogen-bond donors (Lipinski definition) is 5. The molecule has 8 heteroatoms. The number of aliphatic hydroxyl groups excluding tert-OH is 4. The maximum absolute atomic E-state index is 10.3. The summed E-state index contributed by atoms with van der Waals surface area (Å²) in [5, 5.41) is 45.8. The first kappa shape index (κ1) is 15.3. The van der Waals surface area contributed by atoms with E-state index < -0.39 is 43.3 Å². The monoisotopic (exact) mass is 266 g/mol. The zero-order chi connectivity index (χ0) is 13.7. The molecule has 0 amide bonds. The van der Waals surface area contributed by atoms with Crippen LogP contribution in [0.25, 0.3) is 0 Å². The topological polar surface area (TPSA) is 137 Å². The van der Waals surface area contributed by atoms with Crippen molar-refractivity contribution in [2.45, 2.75) is 43.5 Å². The van der Waals surface area contributed by atoms with Crippen LogP contribution in [0.4, 0.5) is 0 Å². The summed E-state index contributed by atoms with van der Waals surface area (Å²) >= 11 is 0. The van der Waals surface area contributed by atoms with Gasteiger partial charge in [-0.25, -0.2) is 0 Å². The van der Waals surface area contributed by atoms with E-state index in [0.717, 1.165) is 0 Å². The highest BCUT2D eigenvalue weighted by atomic mass is 16.7. The van der Waals surface area contributed by atoms with Gasteiger partial charge >= 0.3 is 5.97 Å². The molecule has 106 valence electrons. The van der Waals surface area contributed by atoms with Gasteiger partial charge in [0, 0.05) is 6.42 Å². The van der Waals surface area contributed by atoms with Crippen LogP contribution in [0.15, 0.2) is 0 Å². The van der Waals surface area contributed by atoms with E-state index in [1.165, 1.54) is 0 Å². The van der Waals surface area contributed by atoms with Crippen LogP contribution in [0.1, 0.15) is 12.8 Å². The molecule has 8 nitrogen and oxygen atoms in total. The SMILES string of the molecule is O=C(O)CCCO[C@@H]1OC(CO)[C@H](O)C(O)[C@@H]1O. The lowest BCUT2D eigenvalue weighted by atomic mass is 9.99. The number of carboxylic acids is 1. The summed E-state index contributed by atoms with van der Waals surface area (Å²) in [5.41, 5.74) is 0. The summed E-state index contributed by atoms with van der Waals surface area (Å²) in [6.07, 6.45) is -6.44. The molecule has 1 aliphatic rings. The fraction of sp³-hybridized carbons (Fsp3) is 0.900. The van der Waals surface area contributed by atoms with Gasteiger partial charge in [0.2, 0.25) is 0 Å². The van der Waals surface area contributed by atoms with Crippen molar-refractivity contribution < 1.29 is 39.8 Å². The van der Waals surface area contributed by atoms with Crippen molar-refractivity contribution in [3.8, 4) is 0 Å². The minimum absolute atomic E-state index is 0.0228. The molecular weight excluding hydrogens is 248 g/mol. The van der Waals surface area contributed by atoms with Crippen molar-refractivity contribution in [2.24, 2.45) is 0 Å². The molecule has 0 radical (unpaired) electrons. The number of carbonyl (C=O) groups is 1. The van der Waals surface area contributed by atoms with Gasteiger partial charge in [0.1, 0.15) is 24.4 Å². The molecule has 0 bridgehead atoms. The number of carboxylic acid groups (broad SMARTS) is 1. The minimum Gasteiger partial charge on any atom is -0.481 e. The van der Waals surface area contributed by atoms with Gasteiger partial charge in [0.05, 0.1) is 13.2 Å². The Labute approximate surface area is 103 Å². The molecule has 5 atom stereocenters. The van der Waals surface area contributed by atoms with E-state index in [0.29, 0.717) is 0 Å². The van der Waals surface area contributed by atoms with Crippen LogP contribution in [0.3, 0.4) is 0 Å². The van der Waals surface area contributed by atoms with E-state index in [2.05, 4.69) is 0 Å². The minimum atomic E-state index is -1.49. The number of hydrogen-bond acceptors (Lipinski definition) is 7. The van der Waals surface area contributed by atoms with E-state index in [1.54, 1.807) is 0 Å². The lowest BCUT2D eigenvalue weighted by Crippen LogP contribution is -2.59. The van der Waals surface area contributed by atoms with Gasteiger partial charge in [0.15, 0.2) is 6.29 Å². The zero-order valence-electron chi connectivity index (χ0n) is 9.68. The van der Waals surface area contributed by atoms with E-state index in [4.69, 9.17) is 19.7 Å². The molecule has 0 aliphatic carbocycles. The summed E-state index contributed by atoms with van der Waals surface area (Å²) in [6, 6.07) is 0. The standard InChI is InChI=1S/C10H18O8/c11-4-5-7(14)8(15)9(16)10(18-5)17-3-1-2-6(12)13/h5,7-11,14-16H,1-4H2,(H,12,13)/t5?,7-,8?,9-,10+/m0/s1. The van der Waals surface area contributed by atoms with Crippen molar-refractivity contribution >= 4 is 5.97 Å². The average Bonchev–Trinajstić information content (AvgIpc) is 2.34. The molecular formula is C10H18O8. The number of rotatable bonds is 6. The lowest BCUT2D eigenvalue weighted by molar-refractivity contribution is -0.301. The molecule has 1 heterocycles. The van der Waals surface area contributed by atoms with Crippen LogP contribution in [-0.2, 0) is 14.3 Å². The predicted octanol–water partition coefficient (Wildman–Crippen LogP) is -2.33. The van der Waals surface area contributed by atoms with Crippen LogP contribution < -0.4 is 0 Å². The molecule has 0 aromatic carbocycles. The van der Waals surface area contributed by atoms with Gasteiger partial charge in [-0.3, -0.25) is 4.79 Å². The number of aliphatic hydroxyl groups is 4. The Morgan fingerprint density at radius 2 is 1.83 bits per heavy atom. The van der Waals surface area contributed by atoms with Crippen LogP contribution in [0, 0.1) is 0 Å². The summed E-state index contributed by atoms with van der Waals surface area (Å²) in [6.45, 7) is -0.505. The Bertz CT molecular complexity index is 269. The van der Waals surface area contributed by atoms with Crippen molar-refractivity contribution in [3.63, 3.8) is 0 Å². The normalized spacial score (nSPS) is 36.6. The highest BCUT2D eigenvalue weighted by molar-refractivity contribution is 5.66. The van der Waals surface area contributed by atoms with Gasteiger partial charge in [-0.2, -0.15) is 0 Å². The Morgan fingerprint density at radius 3 is 2.39 bits per heavy atom. The molecule has 5 N–H and O–H groups in total. The highest BCUT2D eigenvalue weighted by Crippen LogP contribution is 2.21. The maximum atomic E-state index is 10.3. The third-order valence-electron chi connectivity index (χ3n) is 2.67. The van der Waals surface area contributed by atoms with Crippen LogP contribution in [0.2, 0.25) is 0 Å². The largest absolute Gasteiger partial charge is 0.481 e. The molecule has 1 saturated heterocycles. The van der Waals surface area contributed by atoms with Gasteiger partial charge in [-0.1, -0.05) is 0 Å². The number of aliphatic carboxylic acids is 1. The number of ether oxygens (including phenoxy) is 2. The predicted molar refractivity (Wildman–Crippen MR) is 56.6 cm³/mol.